The number of nitrogens with two attached hydrogens (primary N) is 1. The smallest absolute Gasteiger partial charge is 0.303 e. The Balaban J connectivity index is 2.36. The van der Waals surface area contributed by atoms with Crippen molar-refractivity contribution < 1.29 is 19.5 Å². The van der Waals surface area contributed by atoms with Crippen LogP contribution in [0.4, 0.5) is 0 Å². The van der Waals surface area contributed by atoms with Gasteiger partial charge >= 0.3 is 5.97 Å². The van der Waals surface area contributed by atoms with E-state index in [0.717, 1.165) is 0 Å². The first-order valence-corrected chi connectivity index (χ1v) is 7.00. The highest BCUT2D eigenvalue weighted by Gasteiger charge is 2.26. The second-order valence-electron chi connectivity index (χ2n) is 5.43. The van der Waals surface area contributed by atoms with E-state index >= 15 is 0 Å². The van der Waals surface area contributed by atoms with E-state index in [1.165, 1.54) is 0 Å². The Kier molecular flexibility index (Phi) is 6.57. The number of aliphatic carboxylic acids is 1. The minimum Gasteiger partial charge on any atom is -0.481 e. The van der Waals surface area contributed by atoms with E-state index < -0.39 is 12.0 Å². The first-order valence-electron chi connectivity index (χ1n) is 7.00. The minimum atomic E-state index is -0.953. The van der Waals surface area contributed by atoms with Crippen molar-refractivity contribution in [2.75, 3.05) is 46.8 Å². The largest absolute Gasteiger partial charge is 0.481 e. The monoisotopic (exact) mass is 300 g/mol. The summed E-state index contributed by atoms with van der Waals surface area (Å²) < 4.78 is 0. The number of hydrogen-bond acceptors (Lipinski definition) is 5. The molecule has 1 atom stereocenters. The number of carboxylic acid groups (broad SMARTS) is 1. The summed E-state index contributed by atoms with van der Waals surface area (Å²) in [6.07, 6.45) is 0.0394. The summed E-state index contributed by atoms with van der Waals surface area (Å²) in [6, 6.07) is -0.768. The topological polar surface area (TPSA) is 107 Å². The molecule has 8 nitrogen and oxygen atoms in total. The molecule has 1 heterocycles. The minimum absolute atomic E-state index is 0.0351. The molecule has 0 aromatic carbocycles. The molecule has 120 valence electrons. The normalized spacial score (nSPS) is 17.4. The number of amides is 2. The van der Waals surface area contributed by atoms with Crippen LogP contribution in [0.3, 0.4) is 0 Å². The fraction of sp³-hybridized carbons (Fsp3) is 0.769. The van der Waals surface area contributed by atoms with Gasteiger partial charge in [0, 0.05) is 46.7 Å². The van der Waals surface area contributed by atoms with Crippen molar-refractivity contribution in [1.29, 1.82) is 0 Å². The fourth-order valence-corrected chi connectivity index (χ4v) is 2.10. The second-order valence-corrected chi connectivity index (χ2v) is 5.43. The Hall–Kier alpha value is -1.67. The van der Waals surface area contributed by atoms with Gasteiger partial charge in [0.05, 0.1) is 12.6 Å². The van der Waals surface area contributed by atoms with Crippen molar-refractivity contribution in [2.45, 2.75) is 18.9 Å². The highest BCUT2D eigenvalue weighted by molar-refractivity contribution is 5.82. The van der Waals surface area contributed by atoms with Crippen LogP contribution in [0, 0.1) is 0 Å². The Morgan fingerprint density at radius 2 is 1.76 bits per heavy atom. The zero-order valence-electron chi connectivity index (χ0n) is 12.6. The molecule has 1 aliphatic heterocycles. The van der Waals surface area contributed by atoms with Gasteiger partial charge in [0.15, 0.2) is 0 Å². The van der Waals surface area contributed by atoms with E-state index in [9.17, 15) is 14.4 Å². The highest BCUT2D eigenvalue weighted by Crippen LogP contribution is 2.06. The molecule has 0 spiro atoms. The summed E-state index contributed by atoms with van der Waals surface area (Å²) in [5, 5.41) is 8.59. The van der Waals surface area contributed by atoms with Gasteiger partial charge in [-0.15, -0.1) is 0 Å². The molecule has 1 rings (SSSR count). The summed E-state index contributed by atoms with van der Waals surface area (Å²) in [5.74, 6) is -1.13. The van der Waals surface area contributed by atoms with Gasteiger partial charge in [0.1, 0.15) is 0 Å². The van der Waals surface area contributed by atoms with Crippen molar-refractivity contribution in [1.82, 2.24) is 14.7 Å². The van der Waals surface area contributed by atoms with E-state index in [1.54, 1.807) is 23.9 Å². The Bertz CT molecular complexity index is 392. The fourth-order valence-electron chi connectivity index (χ4n) is 2.10. The predicted molar refractivity (Wildman–Crippen MR) is 76.6 cm³/mol. The van der Waals surface area contributed by atoms with Gasteiger partial charge < -0.3 is 20.6 Å². The van der Waals surface area contributed by atoms with E-state index in [4.69, 9.17) is 10.8 Å². The van der Waals surface area contributed by atoms with Crippen molar-refractivity contribution >= 4 is 17.8 Å². The molecule has 1 saturated heterocycles. The molecule has 0 bridgehead atoms. The zero-order chi connectivity index (χ0) is 16.0. The molecule has 2 amide bonds. The Labute approximate surface area is 124 Å². The third-order valence-corrected chi connectivity index (χ3v) is 3.53. The number of rotatable bonds is 6. The van der Waals surface area contributed by atoms with E-state index in [2.05, 4.69) is 0 Å². The Morgan fingerprint density at radius 3 is 2.24 bits per heavy atom. The van der Waals surface area contributed by atoms with Gasteiger partial charge in [-0.25, -0.2) is 0 Å². The second kappa shape index (κ2) is 7.94. The average Bonchev–Trinajstić information content (AvgIpc) is 2.44. The standard InChI is InChI=1S/C13H24N4O4/c1-15(2)11(18)9-16-5-7-17(8-6-16)13(21)10(14)3-4-12(19)20/h10H,3-9,14H2,1-2H3,(H,19,20). The van der Waals surface area contributed by atoms with Gasteiger partial charge in [-0.1, -0.05) is 0 Å². The quantitative estimate of drug-likeness (QED) is 0.612. The first-order chi connectivity index (χ1) is 9.81. The van der Waals surface area contributed by atoms with Crippen LogP contribution in [0.2, 0.25) is 0 Å². The van der Waals surface area contributed by atoms with Crippen LogP contribution in [0.15, 0.2) is 0 Å². The summed E-state index contributed by atoms with van der Waals surface area (Å²) in [7, 11) is 3.42. The number of piperazine rings is 1. The van der Waals surface area contributed by atoms with Crippen LogP contribution in [-0.2, 0) is 14.4 Å². The third-order valence-electron chi connectivity index (χ3n) is 3.53. The van der Waals surface area contributed by atoms with Crippen LogP contribution < -0.4 is 5.73 Å². The van der Waals surface area contributed by atoms with Gasteiger partial charge in [-0.05, 0) is 6.42 Å². The lowest BCUT2D eigenvalue weighted by molar-refractivity contribution is -0.138. The number of carboxylic acids is 1. The van der Waals surface area contributed by atoms with Crippen LogP contribution in [0.5, 0.6) is 0 Å². The predicted octanol–water partition coefficient (Wildman–Crippen LogP) is -1.59. The maximum atomic E-state index is 12.1. The molecule has 3 N–H and O–H groups in total. The molecular weight excluding hydrogens is 276 g/mol. The summed E-state index contributed by atoms with van der Waals surface area (Å²) in [4.78, 5) is 39.3. The molecule has 0 aromatic rings. The van der Waals surface area contributed by atoms with Gasteiger partial charge in [-0.2, -0.15) is 0 Å². The van der Waals surface area contributed by atoms with Crippen molar-refractivity contribution in [3.63, 3.8) is 0 Å². The number of likely N-dealkylation sites (N-methyl/N-ethyl adjacent to an activating group) is 1. The number of nitrogens with zero attached hydrogens (tertiary/aromatic N) is 3. The van der Waals surface area contributed by atoms with Gasteiger partial charge in [0.2, 0.25) is 11.8 Å². The number of hydrogen-bond donors (Lipinski definition) is 2. The number of carbonyl (C=O) groups is 3. The van der Waals surface area contributed by atoms with E-state index in [0.29, 0.717) is 32.7 Å². The van der Waals surface area contributed by atoms with Crippen molar-refractivity contribution in [3.8, 4) is 0 Å². The zero-order valence-corrected chi connectivity index (χ0v) is 12.6. The molecule has 1 fully saturated rings. The van der Waals surface area contributed by atoms with Crippen LogP contribution in [-0.4, -0.2) is 90.5 Å². The SMILES string of the molecule is CN(C)C(=O)CN1CCN(C(=O)C(N)CCC(=O)O)CC1. The maximum absolute atomic E-state index is 12.1. The Morgan fingerprint density at radius 1 is 1.19 bits per heavy atom. The van der Waals surface area contributed by atoms with Crippen molar-refractivity contribution in [2.24, 2.45) is 5.73 Å². The molecule has 1 aliphatic rings. The van der Waals surface area contributed by atoms with Gasteiger partial charge in [0.25, 0.3) is 0 Å². The highest BCUT2D eigenvalue weighted by atomic mass is 16.4. The molecular formula is C13H24N4O4. The maximum Gasteiger partial charge on any atom is 0.303 e. The average molecular weight is 300 g/mol. The van der Waals surface area contributed by atoms with E-state index in [1.807, 2.05) is 4.90 Å². The molecule has 21 heavy (non-hydrogen) atoms. The summed E-state index contributed by atoms with van der Waals surface area (Å²) in [5.41, 5.74) is 5.72. The molecule has 0 aromatic heterocycles. The lowest BCUT2D eigenvalue weighted by Crippen LogP contribution is -2.54. The third kappa shape index (κ3) is 5.68. The molecule has 0 radical (unpaired) electrons. The van der Waals surface area contributed by atoms with Gasteiger partial charge in [-0.3, -0.25) is 19.3 Å². The van der Waals surface area contributed by atoms with Crippen LogP contribution >= 0.6 is 0 Å². The number of carbonyl (C=O) groups excluding carboxylic acids is 2. The lowest BCUT2D eigenvalue weighted by atomic mass is 10.1. The van der Waals surface area contributed by atoms with Crippen molar-refractivity contribution in [3.05, 3.63) is 0 Å². The van der Waals surface area contributed by atoms with Crippen LogP contribution in [0.1, 0.15) is 12.8 Å². The molecule has 0 saturated carbocycles. The molecule has 0 aliphatic carbocycles. The first kappa shape index (κ1) is 17.4. The van der Waals surface area contributed by atoms with Crippen LogP contribution in [0.25, 0.3) is 0 Å². The summed E-state index contributed by atoms with van der Waals surface area (Å²) >= 11 is 0. The lowest BCUT2D eigenvalue weighted by Gasteiger charge is -2.35. The molecule has 1 unspecified atom stereocenters. The summed E-state index contributed by atoms with van der Waals surface area (Å²) in [6.45, 7) is 2.62. The molecule has 8 heteroatoms. The van der Waals surface area contributed by atoms with E-state index in [-0.39, 0.29) is 24.7 Å².